The summed E-state index contributed by atoms with van der Waals surface area (Å²) in [6.45, 7) is 2.70. The van der Waals surface area contributed by atoms with Gasteiger partial charge in [0, 0.05) is 18.3 Å². The molecule has 0 amide bonds. The second-order valence-electron chi connectivity index (χ2n) is 5.17. The van der Waals surface area contributed by atoms with Crippen LogP contribution in [0.4, 0.5) is 5.82 Å². The maximum Gasteiger partial charge on any atom is 0.144 e. The van der Waals surface area contributed by atoms with Crippen LogP contribution in [-0.2, 0) is 12.8 Å². The molecule has 0 fully saturated rings. The molecule has 1 atom stereocenters. The number of fused-ring (bicyclic) bond motifs is 1. The molecule has 19 heavy (non-hydrogen) atoms. The SMILES string of the molecule is CCCC(CN)Nc1nc2c(cc1C#N)CCCC2. The third-order valence-electron chi connectivity index (χ3n) is 3.68. The number of hydrogen-bond donors (Lipinski definition) is 2. The lowest BCUT2D eigenvalue weighted by Crippen LogP contribution is -2.29. The van der Waals surface area contributed by atoms with Crippen molar-refractivity contribution >= 4 is 5.82 Å². The minimum absolute atomic E-state index is 0.200. The lowest BCUT2D eigenvalue weighted by Gasteiger charge is -2.21. The van der Waals surface area contributed by atoms with E-state index in [9.17, 15) is 5.26 Å². The van der Waals surface area contributed by atoms with Gasteiger partial charge in [-0.25, -0.2) is 4.98 Å². The molecule has 0 aromatic carbocycles. The Balaban J connectivity index is 2.26. The number of nitriles is 1. The number of hydrogen-bond acceptors (Lipinski definition) is 4. The van der Waals surface area contributed by atoms with Gasteiger partial charge in [-0.1, -0.05) is 13.3 Å². The molecule has 0 spiro atoms. The number of nitrogens with zero attached hydrogens (tertiary/aromatic N) is 2. The average Bonchev–Trinajstić information content (AvgIpc) is 2.46. The molecule has 1 heterocycles. The first-order chi connectivity index (χ1) is 9.28. The van der Waals surface area contributed by atoms with Gasteiger partial charge in [0.25, 0.3) is 0 Å². The summed E-state index contributed by atoms with van der Waals surface area (Å²) in [7, 11) is 0. The molecule has 2 rings (SSSR count). The molecule has 0 bridgehead atoms. The summed E-state index contributed by atoms with van der Waals surface area (Å²) in [6, 6.07) is 4.45. The highest BCUT2D eigenvalue weighted by Crippen LogP contribution is 2.24. The van der Waals surface area contributed by atoms with Crippen LogP contribution in [-0.4, -0.2) is 17.6 Å². The molecular formula is C15H22N4. The van der Waals surface area contributed by atoms with Crippen LogP contribution in [0.5, 0.6) is 0 Å². The van der Waals surface area contributed by atoms with E-state index in [0.717, 1.165) is 31.4 Å². The molecule has 1 aliphatic carbocycles. The topological polar surface area (TPSA) is 74.7 Å². The summed E-state index contributed by atoms with van der Waals surface area (Å²) in [5.74, 6) is 0.715. The first kappa shape index (κ1) is 13.8. The monoisotopic (exact) mass is 258 g/mol. The molecule has 1 aromatic rings. The zero-order chi connectivity index (χ0) is 13.7. The van der Waals surface area contributed by atoms with Crippen molar-refractivity contribution in [3.8, 4) is 6.07 Å². The molecule has 4 nitrogen and oxygen atoms in total. The van der Waals surface area contributed by atoms with Crippen molar-refractivity contribution in [3.63, 3.8) is 0 Å². The third-order valence-corrected chi connectivity index (χ3v) is 3.68. The Morgan fingerprint density at radius 3 is 2.95 bits per heavy atom. The van der Waals surface area contributed by atoms with Crippen molar-refractivity contribution in [1.82, 2.24) is 4.98 Å². The van der Waals surface area contributed by atoms with E-state index < -0.39 is 0 Å². The molecular weight excluding hydrogens is 236 g/mol. The van der Waals surface area contributed by atoms with Gasteiger partial charge in [-0.2, -0.15) is 5.26 Å². The minimum Gasteiger partial charge on any atom is -0.365 e. The first-order valence-electron chi connectivity index (χ1n) is 7.18. The highest BCUT2D eigenvalue weighted by molar-refractivity contribution is 5.55. The van der Waals surface area contributed by atoms with Crippen LogP contribution in [0.2, 0.25) is 0 Å². The van der Waals surface area contributed by atoms with Gasteiger partial charge in [0.1, 0.15) is 11.9 Å². The summed E-state index contributed by atoms with van der Waals surface area (Å²) in [6.07, 6.45) is 6.54. The smallest absolute Gasteiger partial charge is 0.144 e. The summed E-state index contributed by atoms with van der Waals surface area (Å²) in [5.41, 5.74) is 8.81. The van der Waals surface area contributed by atoms with Crippen molar-refractivity contribution in [2.45, 2.75) is 51.5 Å². The molecule has 102 valence electrons. The summed E-state index contributed by atoms with van der Waals surface area (Å²) < 4.78 is 0. The van der Waals surface area contributed by atoms with Crippen molar-refractivity contribution in [3.05, 3.63) is 22.9 Å². The van der Waals surface area contributed by atoms with Gasteiger partial charge >= 0.3 is 0 Å². The van der Waals surface area contributed by atoms with Gasteiger partial charge in [-0.3, -0.25) is 0 Å². The molecule has 3 N–H and O–H groups in total. The maximum atomic E-state index is 9.27. The molecule has 0 radical (unpaired) electrons. The Morgan fingerprint density at radius 1 is 1.47 bits per heavy atom. The Labute approximate surface area is 115 Å². The molecule has 0 aliphatic heterocycles. The zero-order valence-corrected chi connectivity index (χ0v) is 11.6. The minimum atomic E-state index is 0.200. The van der Waals surface area contributed by atoms with Crippen molar-refractivity contribution < 1.29 is 0 Å². The van der Waals surface area contributed by atoms with Crippen LogP contribution in [0.3, 0.4) is 0 Å². The largest absolute Gasteiger partial charge is 0.365 e. The number of nitrogens with one attached hydrogen (secondary N) is 1. The maximum absolute atomic E-state index is 9.27. The van der Waals surface area contributed by atoms with Crippen molar-refractivity contribution in [2.75, 3.05) is 11.9 Å². The van der Waals surface area contributed by atoms with E-state index in [1.54, 1.807) is 0 Å². The number of nitrogens with two attached hydrogens (primary N) is 1. The predicted molar refractivity (Wildman–Crippen MR) is 77.0 cm³/mol. The number of rotatable bonds is 5. The number of aryl methyl sites for hydroxylation is 2. The van der Waals surface area contributed by atoms with E-state index >= 15 is 0 Å². The van der Waals surface area contributed by atoms with Gasteiger partial charge in [0.2, 0.25) is 0 Å². The van der Waals surface area contributed by atoms with Gasteiger partial charge in [-0.05, 0) is 43.7 Å². The second kappa shape index (κ2) is 6.53. The van der Waals surface area contributed by atoms with Crippen LogP contribution in [0.1, 0.15) is 49.4 Å². The lowest BCUT2D eigenvalue weighted by molar-refractivity contribution is 0.639. The van der Waals surface area contributed by atoms with E-state index in [1.165, 1.54) is 18.4 Å². The number of aromatic nitrogens is 1. The zero-order valence-electron chi connectivity index (χ0n) is 11.6. The molecule has 0 saturated carbocycles. The van der Waals surface area contributed by atoms with Crippen LogP contribution in [0.25, 0.3) is 0 Å². The normalized spacial score (nSPS) is 15.4. The van der Waals surface area contributed by atoms with E-state index in [-0.39, 0.29) is 6.04 Å². The lowest BCUT2D eigenvalue weighted by atomic mass is 9.95. The van der Waals surface area contributed by atoms with E-state index in [1.807, 2.05) is 6.07 Å². The quantitative estimate of drug-likeness (QED) is 0.850. The Morgan fingerprint density at radius 2 is 2.26 bits per heavy atom. The van der Waals surface area contributed by atoms with Crippen molar-refractivity contribution in [1.29, 1.82) is 5.26 Å². The predicted octanol–water partition coefficient (Wildman–Crippen LogP) is 2.37. The average molecular weight is 258 g/mol. The fourth-order valence-electron chi connectivity index (χ4n) is 2.62. The summed E-state index contributed by atoms with van der Waals surface area (Å²) in [5, 5.41) is 12.6. The Hall–Kier alpha value is -1.60. The Bertz CT molecular complexity index is 476. The van der Waals surface area contributed by atoms with Gasteiger partial charge in [0.05, 0.1) is 5.56 Å². The molecule has 4 heteroatoms. The highest BCUT2D eigenvalue weighted by atomic mass is 15.0. The van der Waals surface area contributed by atoms with Crippen LogP contribution in [0, 0.1) is 11.3 Å². The van der Waals surface area contributed by atoms with Crippen LogP contribution in [0.15, 0.2) is 6.07 Å². The fraction of sp³-hybridized carbons (Fsp3) is 0.600. The standard InChI is InChI=1S/C15H22N4/c1-2-5-13(10-17)18-15-12(9-16)8-11-6-3-4-7-14(11)19-15/h8,13H,2-7,10,17H2,1H3,(H,18,19). The molecule has 1 aliphatic rings. The van der Waals surface area contributed by atoms with Crippen molar-refractivity contribution in [2.24, 2.45) is 5.73 Å². The second-order valence-corrected chi connectivity index (χ2v) is 5.17. The Kier molecular flexibility index (Phi) is 4.75. The van der Waals surface area contributed by atoms with Gasteiger partial charge in [0.15, 0.2) is 0 Å². The first-order valence-corrected chi connectivity index (χ1v) is 7.18. The molecule has 1 aromatic heterocycles. The summed E-state index contributed by atoms with van der Waals surface area (Å²) in [4.78, 5) is 4.66. The third kappa shape index (κ3) is 3.24. The summed E-state index contributed by atoms with van der Waals surface area (Å²) >= 11 is 0. The van der Waals surface area contributed by atoms with E-state index in [2.05, 4.69) is 23.3 Å². The molecule has 0 saturated heterocycles. The van der Waals surface area contributed by atoms with Crippen LogP contribution >= 0.6 is 0 Å². The number of anilines is 1. The van der Waals surface area contributed by atoms with E-state index in [0.29, 0.717) is 17.9 Å². The highest BCUT2D eigenvalue weighted by Gasteiger charge is 2.16. The van der Waals surface area contributed by atoms with Crippen LogP contribution < -0.4 is 11.1 Å². The molecule has 1 unspecified atom stereocenters. The number of pyridine rings is 1. The fourth-order valence-corrected chi connectivity index (χ4v) is 2.62. The van der Waals surface area contributed by atoms with Gasteiger partial charge < -0.3 is 11.1 Å². The van der Waals surface area contributed by atoms with Gasteiger partial charge in [-0.15, -0.1) is 0 Å². The van der Waals surface area contributed by atoms with E-state index in [4.69, 9.17) is 5.73 Å².